The first kappa shape index (κ1) is 2.67. The zero-order valence-corrected chi connectivity index (χ0v) is 4.78. The summed E-state index contributed by atoms with van der Waals surface area (Å²) in [6.45, 7) is 1.63. The van der Waals surface area contributed by atoms with Crippen LogP contribution in [0.5, 0.6) is 0 Å². The van der Waals surface area contributed by atoms with E-state index in [1.807, 2.05) is 0 Å². The van der Waals surface area contributed by atoms with Crippen molar-refractivity contribution in [3.63, 3.8) is 0 Å². The van der Waals surface area contributed by atoms with Crippen LogP contribution in [0.2, 0.25) is 0 Å². The molecule has 0 amide bonds. The largest absolute Gasteiger partial charge is 0.315 e. The van der Waals surface area contributed by atoms with E-state index >= 15 is 0 Å². The molecular weight excluding hydrogens is 100 g/mol. The Bertz CT molecular complexity index is 165. The van der Waals surface area contributed by atoms with Gasteiger partial charge in [-0.1, -0.05) is 0 Å². The second-order valence-electron chi connectivity index (χ2n) is 2.96. The quantitative estimate of drug-likeness (QED) is 0.459. The monoisotopic (exact) mass is 115 g/mol. The maximum Gasteiger partial charge on any atom is 0.0394 e. The molecule has 0 atom stereocenters. The van der Waals surface area contributed by atoms with Crippen LogP contribution in [0.15, 0.2) is 0 Å². The lowest BCUT2D eigenvalue weighted by molar-refractivity contribution is -0.0218. The highest BCUT2D eigenvalue weighted by atomic mass is 15.2. The van der Waals surface area contributed by atoms with E-state index in [0.717, 1.165) is 26.2 Å². The zero-order valence-electron chi connectivity index (χ0n) is 7.78. The molecule has 46 valence electrons. The van der Waals surface area contributed by atoms with E-state index in [-0.39, 0.29) is 0 Å². The number of nitrogens with zero attached hydrogens (tertiary/aromatic N) is 1. The van der Waals surface area contributed by atoms with Crippen LogP contribution in [0.4, 0.5) is 0 Å². The topological polar surface area (TPSA) is 15.3 Å². The first-order valence-electron chi connectivity index (χ1n) is 4.48. The van der Waals surface area contributed by atoms with E-state index in [1.165, 1.54) is 0 Å². The number of rotatable bonds is 0. The summed E-state index contributed by atoms with van der Waals surface area (Å²) in [5, 5.41) is 3.17. The van der Waals surface area contributed by atoms with Crippen LogP contribution in [-0.4, -0.2) is 38.1 Å². The third kappa shape index (κ3) is 0.446. The maximum atomic E-state index is 7.10. The van der Waals surface area contributed by atoms with Gasteiger partial charge in [0.2, 0.25) is 0 Å². The molecule has 0 aliphatic carbocycles. The molecule has 2 nitrogen and oxygen atoms in total. The molecule has 1 N–H and O–H groups in total. The second kappa shape index (κ2) is 1.25. The van der Waals surface area contributed by atoms with Gasteiger partial charge in [-0.2, -0.15) is 0 Å². The molecule has 2 aliphatic heterocycles. The van der Waals surface area contributed by atoms with Crippen molar-refractivity contribution in [1.29, 1.82) is 0 Å². The molecule has 2 rings (SSSR count). The van der Waals surface area contributed by atoms with Gasteiger partial charge in [-0.15, -0.1) is 0 Å². The first-order chi connectivity index (χ1) is 5.02. The number of likely N-dealkylation sites (tertiary alicyclic amines) is 1. The molecule has 2 heteroatoms. The second-order valence-corrected chi connectivity index (χ2v) is 2.96. The van der Waals surface area contributed by atoms with Crippen LogP contribution in [-0.2, 0) is 0 Å². The van der Waals surface area contributed by atoms with E-state index < -0.39 is 6.98 Å². The molecule has 8 heavy (non-hydrogen) atoms. The molecule has 0 bridgehead atoms. The summed E-state index contributed by atoms with van der Waals surface area (Å²) in [4.78, 5) is 1.56. The first-order valence-corrected chi connectivity index (χ1v) is 2.98. The fraction of sp³-hybridized carbons (Fsp3) is 1.00. The molecule has 2 aliphatic rings. The van der Waals surface area contributed by atoms with E-state index in [1.54, 1.807) is 4.90 Å². The van der Waals surface area contributed by atoms with Crippen LogP contribution in [0.3, 0.4) is 0 Å². The Hall–Kier alpha value is -0.0800. The van der Waals surface area contributed by atoms with Gasteiger partial charge in [0, 0.05) is 35.7 Å². The van der Waals surface area contributed by atoms with Crippen LogP contribution < -0.4 is 5.32 Å². The summed E-state index contributed by atoms with van der Waals surface area (Å²) >= 11 is 0. The molecule has 0 unspecified atom stereocenters. The van der Waals surface area contributed by atoms with Gasteiger partial charge in [0.25, 0.3) is 0 Å². The fourth-order valence-electron chi connectivity index (χ4n) is 1.47. The van der Waals surface area contributed by atoms with E-state index in [2.05, 4.69) is 5.32 Å². The highest BCUT2D eigenvalue weighted by Crippen LogP contribution is 2.32. The van der Waals surface area contributed by atoms with Gasteiger partial charge in [-0.3, -0.25) is 0 Å². The van der Waals surface area contributed by atoms with Crippen LogP contribution in [0.1, 0.15) is 4.11 Å². The van der Waals surface area contributed by atoms with E-state index in [9.17, 15) is 0 Å². The normalized spacial score (nSPS) is 41.2. The maximum absolute atomic E-state index is 7.10. The Morgan fingerprint density at radius 1 is 1.62 bits per heavy atom. The lowest BCUT2D eigenvalue weighted by atomic mass is 9.75. The smallest absolute Gasteiger partial charge is 0.0394 e. The van der Waals surface area contributed by atoms with Crippen molar-refractivity contribution in [2.75, 3.05) is 33.2 Å². The standard InChI is InChI=1S/C6H12N2/c1-8-4-6(5-8)2-7-3-6/h7H,2-5H2,1H3/i1D3. The van der Waals surface area contributed by atoms with Crippen molar-refractivity contribution < 1.29 is 4.11 Å². The van der Waals surface area contributed by atoms with E-state index in [4.69, 9.17) is 4.11 Å². The van der Waals surface area contributed by atoms with Gasteiger partial charge >= 0.3 is 0 Å². The fourth-order valence-corrected chi connectivity index (χ4v) is 1.47. The van der Waals surface area contributed by atoms with Gasteiger partial charge in [0.15, 0.2) is 0 Å². The van der Waals surface area contributed by atoms with Crippen LogP contribution in [0, 0.1) is 5.41 Å². The van der Waals surface area contributed by atoms with Crippen molar-refractivity contribution in [3.05, 3.63) is 0 Å². The number of hydrogen-bond donors (Lipinski definition) is 1. The lowest BCUT2D eigenvalue weighted by Gasteiger charge is -2.55. The van der Waals surface area contributed by atoms with Gasteiger partial charge in [0.1, 0.15) is 0 Å². The number of hydrogen-bond acceptors (Lipinski definition) is 2. The van der Waals surface area contributed by atoms with Gasteiger partial charge in [-0.25, -0.2) is 0 Å². The molecular formula is C6H12N2. The SMILES string of the molecule is [2H]C([2H])([2H])N1CC2(CNC2)C1. The van der Waals surface area contributed by atoms with Crippen molar-refractivity contribution >= 4 is 0 Å². The van der Waals surface area contributed by atoms with Crippen LogP contribution >= 0.6 is 0 Å². The predicted molar refractivity (Wildman–Crippen MR) is 32.8 cm³/mol. The third-order valence-corrected chi connectivity index (χ3v) is 2.05. The summed E-state index contributed by atoms with van der Waals surface area (Å²) in [6.07, 6.45) is 0. The minimum absolute atomic E-state index is 0.328. The summed E-state index contributed by atoms with van der Waals surface area (Å²) in [5.74, 6) is 0. The van der Waals surface area contributed by atoms with Gasteiger partial charge < -0.3 is 10.2 Å². The van der Waals surface area contributed by atoms with Gasteiger partial charge in [-0.05, 0) is 6.98 Å². The highest BCUT2D eigenvalue weighted by Gasteiger charge is 2.45. The highest BCUT2D eigenvalue weighted by molar-refractivity contribution is 5.02. The molecule has 2 heterocycles. The Morgan fingerprint density at radius 2 is 2.38 bits per heavy atom. The molecule has 2 fully saturated rings. The van der Waals surface area contributed by atoms with Gasteiger partial charge in [0.05, 0.1) is 0 Å². The molecule has 0 aromatic heterocycles. The summed E-state index contributed by atoms with van der Waals surface area (Å²) in [7, 11) is 0. The number of nitrogens with one attached hydrogen (secondary N) is 1. The Morgan fingerprint density at radius 3 is 2.75 bits per heavy atom. The molecule has 0 aromatic rings. The minimum Gasteiger partial charge on any atom is -0.315 e. The Balaban J connectivity index is 1.88. The molecule has 0 radical (unpaired) electrons. The summed E-state index contributed by atoms with van der Waals surface area (Å²) < 4.78 is 21.3. The van der Waals surface area contributed by atoms with Crippen molar-refractivity contribution in [3.8, 4) is 0 Å². The molecule has 2 saturated heterocycles. The predicted octanol–water partition coefficient (Wildman–Crippen LogP) is -0.479. The lowest BCUT2D eigenvalue weighted by Crippen LogP contribution is -2.69. The van der Waals surface area contributed by atoms with Crippen LogP contribution in [0.25, 0.3) is 0 Å². The van der Waals surface area contributed by atoms with Crippen molar-refractivity contribution in [2.24, 2.45) is 5.41 Å². The molecule has 0 aromatic carbocycles. The average Bonchev–Trinajstić information content (AvgIpc) is 1.49. The van der Waals surface area contributed by atoms with Crippen molar-refractivity contribution in [1.82, 2.24) is 10.2 Å². The molecule has 0 saturated carbocycles. The Kier molecular flexibility index (Phi) is 0.418. The zero-order chi connectivity index (χ0) is 8.11. The summed E-state index contributed by atoms with van der Waals surface area (Å²) in [5.41, 5.74) is 0.328. The minimum atomic E-state index is -1.86. The third-order valence-electron chi connectivity index (χ3n) is 2.05. The Labute approximate surface area is 54.1 Å². The average molecular weight is 115 g/mol. The molecule has 1 spiro atoms. The van der Waals surface area contributed by atoms with E-state index in [0.29, 0.717) is 5.41 Å². The van der Waals surface area contributed by atoms with Crippen molar-refractivity contribution in [2.45, 2.75) is 0 Å². The summed E-state index contributed by atoms with van der Waals surface area (Å²) in [6, 6.07) is 0.